The number of carbonyl (C=O) groups is 1. The second kappa shape index (κ2) is 7.78. The Balaban J connectivity index is 1.82. The number of aromatic nitrogens is 4. The molecular weight excluding hydrogens is 338 g/mol. The van der Waals surface area contributed by atoms with Crippen LogP contribution in [-0.2, 0) is 7.05 Å². The van der Waals surface area contributed by atoms with Crippen LogP contribution in [0.5, 0.6) is 0 Å². The van der Waals surface area contributed by atoms with E-state index >= 15 is 0 Å². The summed E-state index contributed by atoms with van der Waals surface area (Å²) in [5.74, 6) is 0.316. The van der Waals surface area contributed by atoms with Gasteiger partial charge in [-0.2, -0.15) is 10.2 Å². The number of H-pyrrole nitrogens is 1. The average Bonchev–Trinajstić information content (AvgIpc) is 3.20. The maximum absolute atomic E-state index is 12.8. The van der Waals surface area contributed by atoms with Crippen molar-refractivity contribution in [3.8, 4) is 11.3 Å². The van der Waals surface area contributed by atoms with Crippen LogP contribution < -0.4 is 5.32 Å². The predicted octanol–water partition coefficient (Wildman–Crippen LogP) is 3.94. The number of aromatic amines is 1. The third-order valence-corrected chi connectivity index (χ3v) is 4.80. The van der Waals surface area contributed by atoms with Crippen LogP contribution in [0.4, 0.5) is 0 Å². The number of benzene rings is 1. The van der Waals surface area contributed by atoms with Gasteiger partial charge in [-0.25, -0.2) is 0 Å². The molecule has 0 aliphatic rings. The van der Waals surface area contributed by atoms with Crippen molar-refractivity contribution in [3.63, 3.8) is 0 Å². The van der Waals surface area contributed by atoms with E-state index in [4.69, 9.17) is 0 Å². The van der Waals surface area contributed by atoms with E-state index in [0.29, 0.717) is 11.6 Å². The predicted molar refractivity (Wildman–Crippen MR) is 106 cm³/mol. The summed E-state index contributed by atoms with van der Waals surface area (Å²) in [7, 11) is 1.91. The smallest absolute Gasteiger partial charge is 0.269 e. The molecule has 0 spiro atoms. The fraction of sp³-hybridized carbons (Fsp3) is 0.381. The first kappa shape index (κ1) is 18.9. The van der Waals surface area contributed by atoms with Crippen molar-refractivity contribution in [1.29, 1.82) is 0 Å². The maximum Gasteiger partial charge on any atom is 0.269 e. The Morgan fingerprint density at radius 3 is 2.52 bits per heavy atom. The summed E-state index contributed by atoms with van der Waals surface area (Å²) in [5.41, 5.74) is 5.19. The molecule has 0 aliphatic heterocycles. The standard InChI is InChI=1S/C21H27N5O/c1-13(2)11-17(16-9-7-6-8-10-16)22-21(27)19-12-18(23-24-19)20-14(3)25-26(5)15(20)4/h6-10,12-13,17H,11H2,1-5H3,(H,22,27)(H,23,24). The van der Waals surface area contributed by atoms with E-state index in [-0.39, 0.29) is 11.9 Å². The van der Waals surface area contributed by atoms with Gasteiger partial charge in [0.15, 0.2) is 0 Å². The number of amides is 1. The van der Waals surface area contributed by atoms with E-state index in [9.17, 15) is 4.79 Å². The van der Waals surface area contributed by atoms with Crippen molar-refractivity contribution in [2.24, 2.45) is 13.0 Å². The van der Waals surface area contributed by atoms with Gasteiger partial charge >= 0.3 is 0 Å². The molecule has 2 N–H and O–H groups in total. The van der Waals surface area contributed by atoms with Gasteiger partial charge in [-0.1, -0.05) is 44.2 Å². The molecule has 27 heavy (non-hydrogen) atoms. The first-order valence-corrected chi connectivity index (χ1v) is 9.28. The number of aryl methyl sites for hydroxylation is 2. The van der Waals surface area contributed by atoms with Gasteiger partial charge in [0, 0.05) is 18.3 Å². The summed E-state index contributed by atoms with van der Waals surface area (Å²) in [6.45, 7) is 8.26. The maximum atomic E-state index is 12.8. The Morgan fingerprint density at radius 1 is 1.22 bits per heavy atom. The van der Waals surface area contributed by atoms with E-state index in [2.05, 4.69) is 34.5 Å². The Kier molecular flexibility index (Phi) is 5.44. The lowest BCUT2D eigenvalue weighted by molar-refractivity contribution is 0.0927. The molecular formula is C21H27N5O. The van der Waals surface area contributed by atoms with Gasteiger partial charge in [0.05, 0.1) is 17.4 Å². The number of hydrogen-bond donors (Lipinski definition) is 2. The molecule has 2 heterocycles. The highest BCUT2D eigenvalue weighted by Crippen LogP contribution is 2.26. The summed E-state index contributed by atoms with van der Waals surface area (Å²) in [6.07, 6.45) is 0.873. The number of rotatable bonds is 6. The van der Waals surface area contributed by atoms with Crippen LogP contribution >= 0.6 is 0 Å². The Morgan fingerprint density at radius 2 is 1.93 bits per heavy atom. The Labute approximate surface area is 160 Å². The quantitative estimate of drug-likeness (QED) is 0.694. The van der Waals surface area contributed by atoms with Crippen LogP contribution in [0, 0.1) is 19.8 Å². The molecule has 3 aromatic rings. The van der Waals surface area contributed by atoms with Crippen LogP contribution in [0.3, 0.4) is 0 Å². The van der Waals surface area contributed by atoms with Crippen molar-refractivity contribution in [2.45, 2.75) is 40.2 Å². The van der Waals surface area contributed by atoms with E-state index in [1.54, 1.807) is 6.07 Å². The molecule has 1 unspecified atom stereocenters. The minimum Gasteiger partial charge on any atom is -0.344 e. The van der Waals surface area contributed by atoms with Crippen LogP contribution in [-0.4, -0.2) is 25.9 Å². The number of hydrogen-bond acceptors (Lipinski definition) is 3. The topological polar surface area (TPSA) is 75.6 Å². The van der Waals surface area contributed by atoms with Crippen molar-refractivity contribution in [3.05, 3.63) is 59.0 Å². The Hall–Kier alpha value is -2.89. The summed E-state index contributed by atoms with van der Waals surface area (Å²) in [4.78, 5) is 12.8. The highest BCUT2D eigenvalue weighted by molar-refractivity contribution is 5.93. The largest absolute Gasteiger partial charge is 0.344 e. The molecule has 2 aromatic heterocycles. The number of nitrogens with zero attached hydrogens (tertiary/aromatic N) is 3. The van der Waals surface area contributed by atoms with E-state index in [1.165, 1.54) is 0 Å². The molecule has 0 bridgehead atoms. The molecule has 3 rings (SSSR count). The molecule has 1 atom stereocenters. The van der Waals surface area contributed by atoms with Gasteiger partial charge in [0.1, 0.15) is 5.69 Å². The zero-order valence-corrected chi connectivity index (χ0v) is 16.6. The van der Waals surface area contributed by atoms with Gasteiger partial charge < -0.3 is 5.32 Å². The highest BCUT2D eigenvalue weighted by atomic mass is 16.2. The first-order chi connectivity index (χ1) is 12.9. The van der Waals surface area contributed by atoms with Gasteiger partial charge in [-0.3, -0.25) is 14.6 Å². The lowest BCUT2D eigenvalue weighted by Crippen LogP contribution is -2.29. The van der Waals surface area contributed by atoms with Crippen molar-refractivity contribution in [2.75, 3.05) is 0 Å². The minimum absolute atomic E-state index is 0.0349. The van der Waals surface area contributed by atoms with Crippen LogP contribution in [0.1, 0.15) is 53.7 Å². The molecule has 1 amide bonds. The zero-order chi connectivity index (χ0) is 19.6. The van der Waals surface area contributed by atoms with Gasteiger partial charge in [-0.05, 0) is 37.8 Å². The normalized spacial score (nSPS) is 12.4. The van der Waals surface area contributed by atoms with Crippen LogP contribution in [0.2, 0.25) is 0 Å². The fourth-order valence-electron chi connectivity index (χ4n) is 3.38. The molecule has 0 radical (unpaired) electrons. The average molecular weight is 365 g/mol. The first-order valence-electron chi connectivity index (χ1n) is 9.28. The number of carbonyl (C=O) groups excluding carboxylic acids is 1. The molecule has 0 fully saturated rings. The minimum atomic E-state index is -0.151. The summed E-state index contributed by atoms with van der Waals surface area (Å²) >= 11 is 0. The molecule has 6 nitrogen and oxygen atoms in total. The fourth-order valence-corrected chi connectivity index (χ4v) is 3.38. The van der Waals surface area contributed by atoms with E-state index < -0.39 is 0 Å². The van der Waals surface area contributed by atoms with Crippen molar-refractivity contribution < 1.29 is 4.79 Å². The molecule has 0 saturated heterocycles. The Bertz CT molecular complexity index is 923. The second-order valence-electron chi connectivity index (χ2n) is 7.40. The van der Waals surface area contributed by atoms with Gasteiger partial charge in [-0.15, -0.1) is 0 Å². The van der Waals surface area contributed by atoms with Gasteiger partial charge in [0.2, 0.25) is 0 Å². The third kappa shape index (κ3) is 4.10. The molecule has 1 aromatic carbocycles. The monoisotopic (exact) mass is 365 g/mol. The lowest BCUT2D eigenvalue weighted by atomic mass is 9.97. The molecule has 0 saturated carbocycles. The van der Waals surface area contributed by atoms with Crippen molar-refractivity contribution >= 4 is 5.91 Å². The van der Waals surface area contributed by atoms with E-state index in [1.807, 2.05) is 55.9 Å². The third-order valence-electron chi connectivity index (χ3n) is 4.80. The lowest BCUT2D eigenvalue weighted by Gasteiger charge is -2.20. The van der Waals surface area contributed by atoms with Crippen LogP contribution in [0.25, 0.3) is 11.3 Å². The summed E-state index contributed by atoms with van der Waals surface area (Å²) in [6, 6.07) is 11.8. The SMILES string of the molecule is Cc1nn(C)c(C)c1-c1cc(C(=O)NC(CC(C)C)c2ccccc2)[nH]n1. The summed E-state index contributed by atoms with van der Waals surface area (Å²) in [5, 5.41) is 14.8. The molecule has 142 valence electrons. The second-order valence-corrected chi connectivity index (χ2v) is 7.40. The van der Waals surface area contributed by atoms with Crippen molar-refractivity contribution in [1.82, 2.24) is 25.3 Å². The van der Waals surface area contributed by atoms with Gasteiger partial charge in [0.25, 0.3) is 5.91 Å². The zero-order valence-electron chi connectivity index (χ0n) is 16.6. The van der Waals surface area contributed by atoms with Crippen LogP contribution in [0.15, 0.2) is 36.4 Å². The highest BCUT2D eigenvalue weighted by Gasteiger charge is 2.20. The number of nitrogens with one attached hydrogen (secondary N) is 2. The molecule has 6 heteroatoms. The molecule has 0 aliphatic carbocycles. The van der Waals surface area contributed by atoms with E-state index in [0.717, 1.165) is 34.6 Å². The summed E-state index contributed by atoms with van der Waals surface area (Å²) < 4.78 is 1.83.